The maximum atomic E-state index is 12.0. The molecule has 0 saturated heterocycles. The van der Waals surface area contributed by atoms with E-state index in [0.717, 1.165) is 22.2 Å². The number of fused-ring (bicyclic) bond motifs is 1. The Bertz CT molecular complexity index is 1220. The molecule has 0 atom stereocenters. The molecule has 0 fully saturated rings. The molecule has 132 valence electrons. The van der Waals surface area contributed by atoms with Gasteiger partial charge in [0.15, 0.2) is 0 Å². The van der Waals surface area contributed by atoms with Crippen LogP contribution in [0.3, 0.4) is 0 Å². The molecule has 2 aromatic carbocycles. The zero-order chi connectivity index (χ0) is 18.8. The number of aromatic nitrogens is 3. The first-order valence-corrected chi connectivity index (χ1v) is 8.95. The van der Waals surface area contributed by atoms with Crippen LogP contribution in [0.5, 0.6) is 5.75 Å². The van der Waals surface area contributed by atoms with Crippen LogP contribution in [0.4, 0.5) is 0 Å². The highest BCUT2D eigenvalue weighted by molar-refractivity contribution is 7.00. The molecule has 6 nitrogen and oxygen atoms in total. The smallest absolute Gasteiger partial charge is 0.266 e. The number of ether oxygens (including phenoxy) is 1. The Kier molecular flexibility index (Phi) is 4.40. The van der Waals surface area contributed by atoms with Crippen LogP contribution >= 0.6 is 11.7 Å². The first-order chi connectivity index (χ1) is 13.1. The van der Waals surface area contributed by atoms with E-state index in [9.17, 15) is 10.1 Å². The SMILES string of the molecule is Cc1cc(-c2ccc(OCc3ccc4nsnc4c3)cc2)c(C#N)c(=O)[nH]1. The van der Waals surface area contributed by atoms with Crippen LogP contribution in [0.2, 0.25) is 0 Å². The van der Waals surface area contributed by atoms with Crippen LogP contribution in [0.15, 0.2) is 53.3 Å². The molecule has 0 saturated carbocycles. The lowest BCUT2D eigenvalue weighted by atomic mass is 10.0. The van der Waals surface area contributed by atoms with E-state index in [0.29, 0.717) is 23.6 Å². The summed E-state index contributed by atoms with van der Waals surface area (Å²) in [7, 11) is 0. The van der Waals surface area contributed by atoms with Gasteiger partial charge in [0.05, 0.1) is 11.7 Å². The largest absolute Gasteiger partial charge is 0.489 e. The van der Waals surface area contributed by atoms with Gasteiger partial charge in [-0.3, -0.25) is 4.79 Å². The van der Waals surface area contributed by atoms with Crippen molar-refractivity contribution in [3.63, 3.8) is 0 Å². The fourth-order valence-electron chi connectivity index (χ4n) is 2.84. The summed E-state index contributed by atoms with van der Waals surface area (Å²) in [6.45, 7) is 2.21. The van der Waals surface area contributed by atoms with Crippen molar-refractivity contribution in [1.29, 1.82) is 5.26 Å². The van der Waals surface area contributed by atoms with Crippen LogP contribution < -0.4 is 10.3 Å². The lowest BCUT2D eigenvalue weighted by molar-refractivity contribution is 0.306. The van der Waals surface area contributed by atoms with Crippen molar-refractivity contribution in [3.8, 4) is 22.9 Å². The van der Waals surface area contributed by atoms with E-state index >= 15 is 0 Å². The molecule has 0 radical (unpaired) electrons. The molecule has 0 aliphatic rings. The fraction of sp³-hybridized carbons (Fsp3) is 0.100. The van der Waals surface area contributed by atoms with Crippen molar-refractivity contribution in [3.05, 3.63) is 75.7 Å². The first-order valence-electron chi connectivity index (χ1n) is 8.22. The number of rotatable bonds is 4. The minimum absolute atomic E-state index is 0.111. The van der Waals surface area contributed by atoms with Crippen LogP contribution in [-0.2, 0) is 6.61 Å². The van der Waals surface area contributed by atoms with Crippen LogP contribution in [0, 0.1) is 18.3 Å². The molecule has 2 heterocycles. The molecule has 2 aromatic heterocycles. The Hall–Kier alpha value is -3.50. The number of H-pyrrole nitrogens is 1. The van der Waals surface area contributed by atoms with E-state index in [4.69, 9.17) is 4.74 Å². The number of aromatic amines is 1. The van der Waals surface area contributed by atoms with Crippen molar-refractivity contribution in [2.45, 2.75) is 13.5 Å². The zero-order valence-corrected chi connectivity index (χ0v) is 15.2. The molecule has 4 rings (SSSR count). The standard InChI is InChI=1S/C20H14N4O2S/c1-12-8-16(17(10-21)20(25)22-12)14-3-5-15(6-4-14)26-11-13-2-7-18-19(9-13)24-27-23-18/h2-9H,11H2,1H3,(H,22,25). The Morgan fingerprint density at radius 3 is 2.67 bits per heavy atom. The average Bonchev–Trinajstić information content (AvgIpc) is 3.14. The Balaban J connectivity index is 1.54. The molecule has 1 N–H and O–H groups in total. The normalized spacial score (nSPS) is 10.7. The molecule has 0 aliphatic carbocycles. The molecule has 4 aromatic rings. The second kappa shape index (κ2) is 7.02. The van der Waals surface area contributed by atoms with E-state index in [1.54, 1.807) is 13.0 Å². The van der Waals surface area contributed by atoms with Crippen LogP contribution in [0.25, 0.3) is 22.2 Å². The molecular weight excluding hydrogens is 360 g/mol. The van der Waals surface area contributed by atoms with E-state index in [1.807, 2.05) is 48.5 Å². The number of nitrogens with zero attached hydrogens (tertiary/aromatic N) is 3. The predicted molar refractivity (Wildman–Crippen MR) is 104 cm³/mol. The van der Waals surface area contributed by atoms with Crippen LogP contribution in [-0.4, -0.2) is 13.7 Å². The van der Waals surface area contributed by atoms with Crippen molar-refractivity contribution >= 4 is 22.8 Å². The summed E-state index contributed by atoms with van der Waals surface area (Å²) >= 11 is 1.19. The second-order valence-electron chi connectivity index (χ2n) is 6.08. The van der Waals surface area contributed by atoms with Crippen LogP contribution in [0.1, 0.15) is 16.8 Å². The van der Waals surface area contributed by atoms with Crippen molar-refractivity contribution in [1.82, 2.24) is 13.7 Å². The number of hydrogen-bond donors (Lipinski definition) is 1. The van der Waals surface area contributed by atoms with E-state index in [1.165, 1.54) is 11.7 Å². The summed E-state index contributed by atoms with van der Waals surface area (Å²) in [5.74, 6) is 0.704. The number of pyridine rings is 1. The van der Waals surface area contributed by atoms with Gasteiger partial charge in [0, 0.05) is 11.3 Å². The van der Waals surface area contributed by atoms with Crippen molar-refractivity contribution in [2.75, 3.05) is 0 Å². The van der Waals surface area contributed by atoms with Gasteiger partial charge in [-0.2, -0.15) is 14.0 Å². The van der Waals surface area contributed by atoms with E-state index < -0.39 is 0 Å². The molecule has 7 heteroatoms. The third-order valence-electron chi connectivity index (χ3n) is 4.17. The number of nitrogens with one attached hydrogen (secondary N) is 1. The molecule has 0 spiro atoms. The van der Waals surface area contributed by atoms with Gasteiger partial charge in [0.2, 0.25) is 0 Å². The highest BCUT2D eigenvalue weighted by Crippen LogP contribution is 2.25. The molecule has 0 aliphatic heterocycles. The summed E-state index contributed by atoms with van der Waals surface area (Å²) in [5.41, 5.74) is 4.62. The topological polar surface area (TPSA) is 91.7 Å². The van der Waals surface area contributed by atoms with Gasteiger partial charge in [-0.15, -0.1) is 0 Å². The molecule has 0 unspecified atom stereocenters. The maximum absolute atomic E-state index is 12.0. The fourth-order valence-corrected chi connectivity index (χ4v) is 3.36. The predicted octanol–water partition coefficient (Wildman–Crippen LogP) is 3.81. The van der Waals surface area contributed by atoms with Gasteiger partial charge < -0.3 is 9.72 Å². The summed E-state index contributed by atoms with van der Waals surface area (Å²) in [6.07, 6.45) is 0. The molecular formula is C20H14N4O2S. The first kappa shape index (κ1) is 16.9. The summed E-state index contributed by atoms with van der Waals surface area (Å²) in [6, 6.07) is 17.0. The van der Waals surface area contributed by atoms with Gasteiger partial charge in [0.1, 0.15) is 35.0 Å². The maximum Gasteiger partial charge on any atom is 0.266 e. The third kappa shape index (κ3) is 3.43. The molecule has 0 amide bonds. The summed E-state index contributed by atoms with van der Waals surface area (Å²) in [4.78, 5) is 14.6. The lowest BCUT2D eigenvalue weighted by Crippen LogP contribution is -2.12. The highest BCUT2D eigenvalue weighted by atomic mass is 32.1. The number of aryl methyl sites for hydroxylation is 1. The van der Waals surface area contributed by atoms with E-state index in [2.05, 4.69) is 13.7 Å². The van der Waals surface area contributed by atoms with Gasteiger partial charge in [-0.1, -0.05) is 18.2 Å². The minimum atomic E-state index is -0.375. The number of nitriles is 1. The van der Waals surface area contributed by atoms with Gasteiger partial charge >= 0.3 is 0 Å². The monoisotopic (exact) mass is 374 g/mol. The Labute approximate surface area is 159 Å². The average molecular weight is 374 g/mol. The lowest BCUT2D eigenvalue weighted by Gasteiger charge is -2.09. The quantitative estimate of drug-likeness (QED) is 0.586. The second-order valence-corrected chi connectivity index (χ2v) is 6.61. The minimum Gasteiger partial charge on any atom is -0.489 e. The van der Waals surface area contributed by atoms with Gasteiger partial charge in [-0.05, 0) is 48.4 Å². The third-order valence-corrected chi connectivity index (χ3v) is 4.73. The summed E-state index contributed by atoms with van der Waals surface area (Å²) < 4.78 is 14.3. The molecule has 0 bridgehead atoms. The van der Waals surface area contributed by atoms with E-state index in [-0.39, 0.29) is 11.1 Å². The van der Waals surface area contributed by atoms with Crippen molar-refractivity contribution in [2.24, 2.45) is 0 Å². The number of benzene rings is 2. The zero-order valence-electron chi connectivity index (χ0n) is 14.4. The van der Waals surface area contributed by atoms with Gasteiger partial charge in [0.25, 0.3) is 5.56 Å². The Morgan fingerprint density at radius 1 is 1.11 bits per heavy atom. The molecule has 27 heavy (non-hydrogen) atoms. The highest BCUT2D eigenvalue weighted by Gasteiger charge is 2.10. The van der Waals surface area contributed by atoms with Gasteiger partial charge in [-0.25, -0.2) is 0 Å². The Morgan fingerprint density at radius 2 is 1.89 bits per heavy atom. The number of hydrogen-bond acceptors (Lipinski definition) is 6. The summed E-state index contributed by atoms with van der Waals surface area (Å²) in [5, 5.41) is 9.27. The van der Waals surface area contributed by atoms with Crippen molar-refractivity contribution < 1.29 is 4.74 Å².